The van der Waals surface area contributed by atoms with Crippen molar-refractivity contribution in [3.63, 3.8) is 0 Å². The van der Waals surface area contributed by atoms with Gasteiger partial charge in [-0.15, -0.1) is 0 Å². The van der Waals surface area contributed by atoms with Crippen LogP contribution in [-0.2, 0) is 0 Å². The Hall–Kier alpha value is -0.940. The zero-order valence-corrected chi connectivity index (χ0v) is 9.05. The summed E-state index contributed by atoms with van der Waals surface area (Å²) in [5.74, 6) is -1.61. The third-order valence-corrected chi connectivity index (χ3v) is 4.07. The van der Waals surface area contributed by atoms with Crippen molar-refractivity contribution in [2.75, 3.05) is 13.1 Å². The van der Waals surface area contributed by atoms with Crippen LogP contribution in [0.25, 0.3) is 0 Å². The number of likely N-dealkylation sites (tertiary alicyclic amines) is 1. The molecule has 2 rings (SSSR count). The molecule has 1 heterocycles. The molecule has 6 heteroatoms. The van der Waals surface area contributed by atoms with E-state index in [0.29, 0.717) is 25.9 Å². The molecule has 3 nitrogen and oxygen atoms in total. The largest absolute Gasteiger partial charge is 0.391 e. The number of primary amides is 1. The van der Waals surface area contributed by atoms with Gasteiger partial charge in [-0.1, -0.05) is 6.92 Å². The van der Waals surface area contributed by atoms with E-state index in [1.54, 1.807) is 0 Å². The number of carbonyl (C=O) groups excluding carboxylic acids is 1. The summed E-state index contributed by atoms with van der Waals surface area (Å²) in [6, 6.07) is -0.526. The molecule has 1 saturated heterocycles. The third kappa shape index (κ3) is 1.74. The van der Waals surface area contributed by atoms with Gasteiger partial charge in [0.15, 0.2) is 0 Å². The van der Waals surface area contributed by atoms with Crippen LogP contribution in [0.3, 0.4) is 0 Å². The van der Waals surface area contributed by atoms with Crippen molar-refractivity contribution in [1.29, 1.82) is 0 Å². The maximum Gasteiger partial charge on any atom is 0.391 e. The van der Waals surface area contributed by atoms with Gasteiger partial charge in [0.2, 0.25) is 0 Å². The molecule has 0 aromatic heterocycles. The van der Waals surface area contributed by atoms with Crippen molar-refractivity contribution in [2.24, 2.45) is 23.0 Å². The van der Waals surface area contributed by atoms with E-state index in [9.17, 15) is 18.0 Å². The summed E-state index contributed by atoms with van der Waals surface area (Å²) in [6.45, 7) is 2.12. The molecule has 16 heavy (non-hydrogen) atoms. The third-order valence-electron chi connectivity index (χ3n) is 4.07. The average Bonchev–Trinajstić information content (AvgIpc) is 2.63. The highest BCUT2D eigenvalue weighted by molar-refractivity contribution is 5.72. The lowest BCUT2D eigenvalue weighted by molar-refractivity contribution is -0.177. The van der Waals surface area contributed by atoms with Crippen molar-refractivity contribution in [3.8, 4) is 0 Å². The first-order valence-electron chi connectivity index (χ1n) is 5.37. The van der Waals surface area contributed by atoms with Crippen LogP contribution in [0.15, 0.2) is 0 Å². The predicted molar refractivity (Wildman–Crippen MR) is 51.5 cm³/mol. The summed E-state index contributed by atoms with van der Waals surface area (Å²) in [7, 11) is 0. The van der Waals surface area contributed by atoms with E-state index in [-0.39, 0.29) is 11.3 Å². The summed E-state index contributed by atoms with van der Waals surface area (Å²) in [5.41, 5.74) is 4.82. The molecule has 2 unspecified atom stereocenters. The monoisotopic (exact) mass is 236 g/mol. The highest BCUT2D eigenvalue weighted by Crippen LogP contribution is 2.63. The zero-order valence-electron chi connectivity index (χ0n) is 9.05. The van der Waals surface area contributed by atoms with Crippen LogP contribution in [0.1, 0.15) is 19.8 Å². The number of alkyl halides is 3. The van der Waals surface area contributed by atoms with Gasteiger partial charge in [0.05, 0.1) is 5.92 Å². The van der Waals surface area contributed by atoms with Gasteiger partial charge in [-0.05, 0) is 24.2 Å². The Kier molecular flexibility index (Phi) is 2.36. The van der Waals surface area contributed by atoms with E-state index < -0.39 is 18.1 Å². The zero-order chi connectivity index (χ0) is 12.1. The van der Waals surface area contributed by atoms with Crippen LogP contribution in [0.2, 0.25) is 0 Å². The summed E-state index contributed by atoms with van der Waals surface area (Å²) in [6.07, 6.45) is -2.91. The molecule has 0 radical (unpaired) electrons. The summed E-state index contributed by atoms with van der Waals surface area (Å²) >= 11 is 0. The molecule has 1 saturated carbocycles. The van der Waals surface area contributed by atoms with Gasteiger partial charge in [0.1, 0.15) is 0 Å². The molecule has 1 aliphatic carbocycles. The van der Waals surface area contributed by atoms with E-state index >= 15 is 0 Å². The van der Waals surface area contributed by atoms with Crippen molar-refractivity contribution in [3.05, 3.63) is 0 Å². The fraction of sp³-hybridized carbons (Fsp3) is 0.900. The van der Waals surface area contributed by atoms with Gasteiger partial charge < -0.3 is 10.6 Å². The van der Waals surface area contributed by atoms with Crippen LogP contribution in [0.5, 0.6) is 0 Å². The summed E-state index contributed by atoms with van der Waals surface area (Å²) in [5, 5.41) is 0. The van der Waals surface area contributed by atoms with E-state index in [1.165, 1.54) is 11.8 Å². The van der Waals surface area contributed by atoms with Gasteiger partial charge in [-0.25, -0.2) is 4.79 Å². The van der Waals surface area contributed by atoms with Crippen LogP contribution in [0, 0.1) is 17.3 Å². The SMILES string of the molecule is C[C@H](C1CC12CCN(C(N)=O)C2)C(F)(F)F. The van der Waals surface area contributed by atoms with Crippen LogP contribution in [-0.4, -0.2) is 30.2 Å². The number of nitrogens with two attached hydrogens (primary N) is 1. The molecule has 2 aliphatic rings. The predicted octanol–water partition coefficient (Wildman–Crippen LogP) is 1.98. The number of rotatable bonds is 1. The minimum Gasteiger partial charge on any atom is -0.351 e. The molecule has 1 spiro atoms. The van der Waals surface area contributed by atoms with Gasteiger partial charge in [0, 0.05) is 13.1 Å². The normalized spacial score (nSPS) is 35.5. The molecular weight excluding hydrogens is 221 g/mol. The Labute approximate surface area is 91.8 Å². The first kappa shape index (κ1) is 11.5. The minimum atomic E-state index is -4.13. The lowest BCUT2D eigenvalue weighted by atomic mass is 9.95. The lowest BCUT2D eigenvalue weighted by Gasteiger charge is -2.19. The number of urea groups is 1. The fourth-order valence-corrected chi connectivity index (χ4v) is 2.87. The fourth-order valence-electron chi connectivity index (χ4n) is 2.87. The molecule has 0 aromatic carbocycles. The summed E-state index contributed by atoms with van der Waals surface area (Å²) < 4.78 is 37.6. The summed E-state index contributed by atoms with van der Waals surface area (Å²) in [4.78, 5) is 12.4. The van der Waals surface area contributed by atoms with Crippen molar-refractivity contribution in [2.45, 2.75) is 25.9 Å². The Balaban J connectivity index is 1.99. The van der Waals surface area contributed by atoms with Crippen LogP contribution < -0.4 is 5.73 Å². The molecule has 2 fully saturated rings. The molecular formula is C10H15F3N2O. The van der Waals surface area contributed by atoms with Gasteiger partial charge >= 0.3 is 12.2 Å². The first-order valence-corrected chi connectivity index (χ1v) is 5.37. The van der Waals surface area contributed by atoms with Gasteiger partial charge in [-0.3, -0.25) is 0 Å². The molecule has 2 amide bonds. The topological polar surface area (TPSA) is 46.3 Å². The standard InChI is InChI=1S/C10H15F3N2O/c1-6(10(11,12)13)7-4-9(7)2-3-15(5-9)8(14)16/h6-7H,2-5H2,1H3,(H2,14,16)/t6-,7?,9?/m1/s1. The van der Waals surface area contributed by atoms with Gasteiger partial charge in [0.25, 0.3) is 0 Å². The number of carbonyl (C=O) groups is 1. The van der Waals surface area contributed by atoms with E-state index in [0.717, 1.165) is 0 Å². The van der Waals surface area contributed by atoms with Crippen LogP contribution >= 0.6 is 0 Å². The number of halogens is 3. The number of hydrogen-bond donors (Lipinski definition) is 1. The molecule has 1 aliphatic heterocycles. The number of nitrogens with zero attached hydrogens (tertiary/aromatic N) is 1. The Morgan fingerprint density at radius 2 is 2.19 bits per heavy atom. The Bertz CT molecular complexity index is 318. The van der Waals surface area contributed by atoms with E-state index in [4.69, 9.17) is 5.73 Å². The second-order valence-corrected chi connectivity index (χ2v) is 5.01. The highest BCUT2D eigenvalue weighted by Gasteiger charge is 2.63. The lowest BCUT2D eigenvalue weighted by Crippen LogP contribution is -2.34. The second kappa shape index (κ2) is 3.28. The first-order chi connectivity index (χ1) is 7.26. The maximum absolute atomic E-state index is 12.5. The molecule has 3 atom stereocenters. The number of amides is 2. The van der Waals surface area contributed by atoms with E-state index in [1.807, 2.05) is 0 Å². The van der Waals surface area contributed by atoms with Crippen molar-refractivity contribution in [1.82, 2.24) is 4.90 Å². The maximum atomic E-state index is 12.5. The molecule has 2 N–H and O–H groups in total. The smallest absolute Gasteiger partial charge is 0.351 e. The molecule has 0 aromatic rings. The average molecular weight is 236 g/mol. The van der Waals surface area contributed by atoms with Gasteiger partial charge in [-0.2, -0.15) is 13.2 Å². The van der Waals surface area contributed by atoms with Crippen molar-refractivity contribution >= 4 is 6.03 Å². The number of hydrogen-bond acceptors (Lipinski definition) is 1. The quantitative estimate of drug-likeness (QED) is 0.743. The second-order valence-electron chi connectivity index (χ2n) is 5.01. The van der Waals surface area contributed by atoms with E-state index in [2.05, 4.69) is 0 Å². The Morgan fingerprint density at radius 1 is 1.56 bits per heavy atom. The van der Waals surface area contributed by atoms with Crippen LogP contribution in [0.4, 0.5) is 18.0 Å². The minimum absolute atomic E-state index is 0.302. The van der Waals surface area contributed by atoms with Crippen molar-refractivity contribution < 1.29 is 18.0 Å². The highest BCUT2D eigenvalue weighted by atomic mass is 19.4. The Morgan fingerprint density at radius 3 is 2.62 bits per heavy atom. The molecule has 92 valence electrons. The molecule has 0 bridgehead atoms.